The van der Waals surface area contributed by atoms with E-state index in [1.807, 2.05) is 6.07 Å². The van der Waals surface area contributed by atoms with Crippen molar-refractivity contribution in [3.63, 3.8) is 0 Å². The van der Waals surface area contributed by atoms with Gasteiger partial charge in [0.05, 0.1) is 6.10 Å². The highest BCUT2D eigenvalue weighted by Gasteiger charge is 2.08. The summed E-state index contributed by atoms with van der Waals surface area (Å²) in [4.78, 5) is 8.46. The molecule has 0 spiro atoms. The summed E-state index contributed by atoms with van der Waals surface area (Å²) in [5, 5.41) is 9.86. The number of hydrogen-bond donors (Lipinski definition) is 1. The zero-order valence-electron chi connectivity index (χ0n) is 8.95. The van der Waals surface area contributed by atoms with Gasteiger partial charge in [-0.1, -0.05) is 6.07 Å². The highest BCUT2D eigenvalue weighted by atomic mass is 32.2. The molecule has 0 aliphatic rings. The van der Waals surface area contributed by atoms with E-state index in [9.17, 15) is 9.50 Å². The summed E-state index contributed by atoms with van der Waals surface area (Å²) < 4.78 is 12.9. The third kappa shape index (κ3) is 3.51. The molecule has 17 heavy (non-hydrogen) atoms. The second-order valence-electron chi connectivity index (χ2n) is 3.46. The molecule has 0 amide bonds. The predicted octanol–water partition coefficient (Wildman–Crippen LogP) is 2.44. The Morgan fingerprint density at radius 1 is 1.29 bits per heavy atom. The highest BCUT2D eigenvalue weighted by Crippen LogP contribution is 2.24. The van der Waals surface area contributed by atoms with Crippen LogP contribution in [-0.4, -0.2) is 20.8 Å². The summed E-state index contributed by atoms with van der Waals surface area (Å²) in [5.41, 5.74) is 0.663. The molecular formula is C12H11FN2OS. The monoisotopic (exact) mass is 250 g/mol. The van der Waals surface area contributed by atoms with E-state index in [4.69, 9.17) is 0 Å². The first kappa shape index (κ1) is 12.0. The number of rotatable bonds is 4. The van der Waals surface area contributed by atoms with Gasteiger partial charge < -0.3 is 5.11 Å². The van der Waals surface area contributed by atoms with Gasteiger partial charge in [-0.3, -0.25) is 0 Å². The van der Waals surface area contributed by atoms with Crippen LogP contribution in [0.1, 0.15) is 11.7 Å². The molecule has 0 saturated carbocycles. The van der Waals surface area contributed by atoms with Crippen LogP contribution >= 0.6 is 11.8 Å². The third-order valence-electron chi connectivity index (χ3n) is 2.17. The van der Waals surface area contributed by atoms with E-state index in [2.05, 4.69) is 9.97 Å². The molecule has 5 heteroatoms. The Balaban J connectivity index is 1.95. The lowest BCUT2D eigenvalue weighted by molar-refractivity contribution is 0.203. The van der Waals surface area contributed by atoms with Crippen LogP contribution in [0.2, 0.25) is 0 Å². The second kappa shape index (κ2) is 5.75. The van der Waals surface area contributed by atoms with E-state index < -0.39 is 6.10 Å². The molecule has 0 saturated heterocycles. The van der Waals surface area contributed by atoms with Gasteiger partial charge in [0.25, 0.3) is 0 Å². The van der Waals surface area contributed by atoms with Crippen molar-refractivity contribution < 1.29 is 9.50 Å². The highest BCUT2D eigenvalue weighted by molar-refractivity contribution is 7.99. The molecule has 0 aliphatic heterocycles. The van der Waals surface area contributed by atoms with Gasteiger partial charge in [0, 0.05) is 28.6 Å². The van der Waals surface area contributed by atoms with Crippen LogP contribution in [0.25, 0.3) is 0 Å². The first-order chi connectivity index (χ1) is 8.25. The maximum atomic E-state index is 12.9. The summed E-state index contributed by atoms with van der Waals surface area (Å²) in [6.45, 7) is 0. The van der Waals surface area contributed by atoms with E-state index in [0.717, 1.165) is 4.90 Å². The molecule has 2 aromatic rings. The molecule has 0 fully saturated rings. The van der Waals surface area contributed by atoms with Crippen molar-refractivity contribution in [3.05, 3.63) is 54.4 Å². The molecule has 0 radical (unpaired) electrons. The standard InChI is InChI=1S/C12H11FN2OS/c13-10-2-1-3-11(4-10)17-7-12(16)9-5-14-8-15-6-9/h1-6,8,12,16H,7H2. The zero-order chi connectivity index (χ0) is 12.1. The van der Waals surface area contributed by atoms with Gasteiger partial charge >= 0.3 is 0 Å². The molecule has 3 nitrogen and oxygen atoms in total. The largest absolute Gasteiger partial charge is 0.387 e. The Morgan fingerprint density at radius 3 is 2.76 bits per heavy atom. The SMILES string of the molecule is OC(CSc1cccc(F)c1)c1cncnc1. The van der Waals surface area contributed by atoms with E-state index in [-0.39, 0.29) is 5.82 Å². The van der Waals surface area contributed by atoms with Gasteiger partial charge in [0.2, 0.25) is 0 Å². The number of nitrogens with zero attached hydrogens (tertiary/aromatic N) is 2. The summed E-state index contributed by atoms with van der Waals surface area (Å²) in [6.07, 6.45) is 3.91. The van der Waals surface area contributed by atoms with Crippen LogP contribution in [0, 0.1) is 5.82 Å². The summed E-state index contributed by atoms with van der Waals surface area (Å²) in [7, 11) is 0. The lowest BCUT2D eigenvalue weighted by Crippen LogP contribution is -2.01. The molecule has 1 heterocycles. The number of aliphatic hydroxyl groups is 1. The number of hydrogen-bond acceptors (Lipinski definition) is 4. The van der Waals surface area contributed by atoms with Crippen molar-refractivity contribution in [3.8, 4) is 0 Å². The number of halogens is 1. The molecule has 1 aromatic carbocycles. The number of aliphatic hydroxyl groups excluding tert-OH is 1. The molecule has 2 rings (SSSR count). The molecule has 1 atom stereocenters. The average molecular weight is 250 g/mol. The minimum Gasteiger partial charge on any atom is -0.387 e. The molecule has 1 unspecified atom stereocenters. The Bertz CT molecular complexity index is 481. The number of benzene rings is 1. The first-order valence-corrected chi connectivity index (χ1v) is 6.05. The van der Waals surface area contributed by atoms with E-state index >= 15 is 0 Å². The van der Waals surface area contributed by atoms with Crippen LogP contribution in [0.3, 0.4) is 0 Å². The summed E-state index contributed by atoms with van der Waals surface area (Å²) in [6, 6.07) is 6.29. The predicted molar refractivity (Wildman–Crippen MR) is 64.1 cm³/mol. The van der Waals surface area contributed by atoms with Gasteiger partial charge in [-0.25, -0.2) is 14.4 Å². The fraction of sp³-hybridized carbons (Fsp3) is 0.167. The number of aromatic nitrogens is 2. The Kier molecular flexibility index (Phi) is 4.06. The van der Waals surface area contributed by atoms with Gasteiger partial charge in [-0.15, -0.1) is 11.8 Å². The third-order valence-corrected chi connectivity index (χ3v) is 3.24. The molecule has 1 N–H and O–H groups in total. The van der Waals surface area contributed by atoms with Crippen LogP contribution in [0.4, 0.5) is 4.39 Å². The fourth-order valence-corrected chi connectivity index (χ4v) is 2.22. The van der Waals surface area contributed by atoms with Crippen molar-refractivity contribution in [2.24, 2.45) is 0 Å². The van der Waals surface area contributed by atoms with Crippen molar-refractivity contribution in [1.29, 1.82) is 0 Å². The molecular weight excluding hydrogens is 239 g/mol. The van der Waals surface area contributed by atoms with E-state index in [1.54, 1.807) is 18.5 Å². The van der Waals surface area contributed by atoms with Crippen LogP contribution in [0.5, 0.6) is 0 Å². The van der Waals surface area contributed by atoms with Gasteiger partial charge in [-0.05, 0) is 18.2 Å². The Morgan fingerprint density at radius 2 is 2.06 bits per heavy atom. The lowest BCUT2D eigenvalue weighted by atomic mass is 10.2. The molecule has 88 valence electrons. The topological polar surface area (TPSA) is 46.0 Å². The van der Waals surface area contributed by atoms with Crippen molar-refractivity contribution in [2.45, 2.75) is 11.0 Å². The summed E-state index contributed by atoms with van der Waals surface area (Å²) in [5.74, 6) is 0.170. The minimum atomic E-state index is -0.649. The molecule has 0 aliphatic carbocycles. The van der Waals surface area contributed by atoms with Crippen LogP contribution in [-0.2, 0) is 0 Å². The van der Waals surface area contributed by atoms with Crippen LogP contribution < -0.4 is 0 Å². The average Bonchev–Trinajstić information content (AvgIpc) is 2.37. The maximum Gasteiger partial charge on any atom is 0.124 e. The first-order valence-electron chi connectivity index (χ1n) is 5.07. The molecule has 0 bridgehead atoms. The second-order valence-corrected chi connectivity index (χ2v) is 4.55. The van der Waals surface area contributed by atoms with Gasteiger partial charge in [0.1, 0.15) is 12.1 Å². The van der Waals surface area contributed by atoms with Crippen molar-refractivity contribution in [1.82, 2.24) is 9.97 Å². The maximum absolute atomic E-state index is 12.9. The van der Waals surface area contributed by atoms with E-state index in [1.165, 1.54) is 30.2 Å². The Labute approximate surface area is 103 Å². The zero-order valence-corrected chi connectivity index (χ0v) is 9.77. The van der Waals surface area contributed by atoms with Gasteiger partial charge in [-0.2, -0.15) is 0 Å². The van der Waals surface area contributed by atoms with Crippen LogP contribution in [0.15, 0.2) is 47.9 Å². The number of thioether (sulfide) groups is 1. The fourth-order valence-electron chi connectivity index (χ4n) is 1.31. The smallest absolute Gasteiger partial charge is 0.124 e. The normalized spacial score (nSPS) is 12.4. The van der Waals surface area contributed by atoms with Gasteiger partial charge in [0.15, 0.2) is 0 Å². The van der Waals surface area contributed by atoms with E-state index in [0.29, 0.717) is 11.3 Å². The molecule has 1 aromatic heterocycles. The van der Waals surface area contributed by atoms with Crippen molar-refractivity contribution in [2.75, 3.05) is 5.75 Å². The Hall–Kier alpha value is -1.46. The quantitative estimate of drug-likeness (QED) is 0.847. The van der Waals surface area contributed by atoms with Crippen molar-refractivity contribution >= 4 is 11.8 Å². The lowest BCUT2D eigenvalue weighted by Gasteiger charge is -2.09. The summed E-state index contributed by atoms with van der Waals surface area (Å²) >= 11 is 1.39. The minimum absolute atomic E-state index is 0.271.